The summed E-state index contributed by atoms with van der Waals surface area (Å²) in [5.74, 6) is 0.808. The molecule has 200 valence electrons. The number of aryl methyl sites for hydroxylation is 1. The molecule has 0 aromatic carbocycles. The molecule has 5 rings (SSSR count). The SMILES string of the molecule is Cc1ccnc(C(=O)Nc2n[nH]c3c2CN(C(=O)N2C[C@@H](C)N(CC4CCOCC4)C[C@H]2C)C3(C)C)c1. The van der Waals surface area contributed by atoms with Crippen LogP contribution in [0.5, 0.6) is 0 Å². The average Bonchev–Trinajstić information content (AvgIpc) is 3.39. The lowest BCUT2D eigenvalue weighted by Gasteiger charge is -2.47. The van der Waals surface area contributed by atoms with Crippen molar-refractivity contribution in [2.75, 3.05) is 38.2 Å². The molecule has 2 aromatic heterocycles. The fourth-order valence-electron chi connectivity index (χ4n) is 5.89. The Balaban J connectivity index is 1.27. The van der Waals surface area contributed by atoms with Crippen LogP contribution in [-0.2, 0) is 16.8 Å². The molecule has 2 N–H and O–H groups in total. The highest BCUT2D eigenvalue weighted by Crippen LogP contribution is 2.41. The van der Waals surface area contributed by atoms with E-state index in [0.717, 1.165) is 56.0 Å². The number of H-pyrrole nitrogens is 1. The lowest BCUT2D eigenvalue weighted by atomic mass is 9.97. The third kappa shape index (κ3) is 4.96. The summed E-state index contributed by atoms with van der Waals surface area (Å²) in [5.41, 5.74) is 2.42. The zero-order valence-electron chi connectivity index (χ0n) is 22.6. The van der Waals surface area contributed by atoms with Crippen LogP contribution in [0.25, 0.3) is 0 Å². The Morgan fingerprint density at radius 2 is 1.95 bits per heavy atom. The number of aromatic nitrogens is 3. The number of hydrogen-bond donors (Lipinski definition) is 2. The van der Waals surface area contributed by atoms with Crippen molar-refractivity contribution in [2.24, 2.45) is 5.92 Å². The largest absolute Gasteiger partial charge is 0.381 e. The number of piperazine rings is 1. The molecule has 0 bridgehead atoms. The molecule has 2 atom stereocenters. The lowest BCUT2D eigenvalue weighted by Crippen LogP contribution is -2.62. The first-order valence-corrected chi connectivity index (χ1v) is 13.4. The Labute approximate surface area is 218 Å². The number of urea groups is 1. The zero-order chi connectivity index (χ0) is 26.3. The predicted octanol–water partition coefficient (Wildman–Crippen LogP) is 3.36. The molecule has 3 aliphatic rings. The molecule has 3 aliphatic heterocycles. The van der Waals surface area contributed by atoms with Gasteiger partial charge in [-0.2, -0.15) is 5.10 Å². The van der Waals surface area contributed by atoms with Crippen LogP contribution in [0.15, 0.2) is 18.3 Å². The summed E-state index contributed by atoms with van der Waals surface area (Å²) in [4.78, 5) is 37.4. The van der Waals surface area contributed by atoms with Crippen molar-refractivity contribution < 1.29 is 14.3 Å². The van der Waals surface area contributed by atoms with Gasteiger partial charge in [0.25, 0.3) is 5.91 Å². The topological polar surface area (TPSA) is 107 Å². The molecular formula is C27H39N7O3. The quantitative estimate of drug-likeness (QED) is 0.655. The molecule has 10 nitrogen and oxygen atoms in total. The van der Waals surface area contributed by atoms with Crippen LogP contribution < -0.4 is 5.32 Å². The number of anilines is 1. The van der Waals surface area contributed by atoms with Gasteiger partial charge in [-0.3, -0.25) is 19.8 Å². The van der Waals surface area contributed by atoms with Gasteiger partial charge in [-0.15, -0.1) is 0 Å². The highest BCUT2D eigenvalue weighted by Gasteiger charge is 2.47. The molecule has 0 saturated carbocycles. The van der Waals surface area contributed by atoms with E-state index in [2.05, 4.69) is 39.2 Å². The van der Waals surface area contributed by atoms with Crippen LogP contribution in [0, 0.1) is 12.8 Å². The maximum atomic E-state index is 13.9. The van der Waals surface area contributed by atoms with Crippen molar-refractivity contribution >= 4 is 17.8 Å². The Morgan fingerprint density at radius 1 is 1.19 bits per heavy atom. The Bertz CT molecular complexity index is 1160. The number of carbonyl (C=O) groups excluding carboxylic acids is 2. The van der Waals surface area contributed by atoms with Crippen molar-refractivity contribution in [1.29, 1.82) is 0 Å². The average molecular weight is 510 g/mol. The molecule has 2 fully saturated rings. The lowest BCUT2D eigenvalue weighted by molar-refractivity contribution is 0.00882. The molecule has 3 amide bonds. The number of carbonyl (C=O) groups is 2. The third-order valence-corrected chi connectivity index (χ3v) is 8.28. The van der Waals surface area contributed by atoms with Crippen molar-refractivity contribution in [1.82, 2.24) is 29.9 Å². The summed E-state index contributed by atoms with van der Waals surface area (Å²) in [6, 6.07) is 4.03. The van der Waals surface area contributed by atoms with Gasteiger partial charge in [0.05, 0.1) is 17.8 Å². The van der Waals surface area contributed by atoms with Crippen molar-refractivity contribution in [3.05, 3.63) is 40.8 Å². The predicted molar refractivity (Wildman–Crippen MR) is 140 cm³/mol. The molecule has 0 spiro atoms. The zero-order valence-corrected chi connectivity index (χ0v) is 22.6. The summed E-state index contributed by atoms with van der Waals surface area (Å²) >= 11 is 0. The molecule has 5 heterocycles. The first kappa shape index (κ1) is 25.7. The van der Waals surface area contributed by atoms with Crippen LogP contribution >= 0.6 is 0 Å². The van der Waals surface area contributed by atoms with E-state index in [1.807, 2.05) is 36.6 Å². The number of ether oxygens (including phenoxy) is 1. The van der Waals surface area contributed by atoms with Gasteiger partial charge in [0.2, 0.25) is 0 Å². The van der Waals surface area contributed by atoms with Crippen LogP contribution in [-0.4, -0.2) is 86.8 Å². The van der Waals surface area contributed by atoms with E-state index in [1.165, 1.54) is 0 Å². The minimum atomic E-state index is -0.577. The number of hydrogen-bond acceptors (Lipinski definition) is 6. The van der Waals surface area contributed by atoms with Gasteiger partial charge in [0, 0.05) is 56.7 Å². The molecule has 0 radical (unpaired) electrons. The number of fused-ring (bicyclic) bond motifs is 1. The number of nitrogens with one attached hydrogen (secondary N) is 2. The standard InChI is InChI=1S/C27H39N7O3/c1-17-6-9-28-22(12-17)25(35)29-24-21-16-34(27(4,5)23(21)30-31-24)26(36)33-14-18(2)32(13-19(33)3)15-20-7-10-37-11-8-20/h6,9,12,18-20H,7-8,10-11,13-16H2,1-5H3,(H2,29,30,31,35)/t18-,19-/m1/s1. The Morgan fingerprint density at radius 3 is 2.68 bits per heavy atom. The van der Waals surface area contributed by atoms with Crippen LogP contribution in [0.2, 0.25) is 0 Å². The molecule has 0 unspecified atom stereocenters. The number of rotatable bonds is 4. The van der Waals surface area contributed by atoms with E-state index in [1.54, 1.807) is 12.3 Å². The Hall–Kier alpha value is -2.98. The van der Waals surface area contributed by atoms with E-state index >= 15 is 0 Å². The van der Waals surface area contributed by atoms with Crippen LogP contribution in [0.1, 0.15) is 67.8 Å². The highest BCUT2D eigenvalue weighted by molar-refractivity contribution is 6.03. The second-order valence-electron chi connectivity index (χ2n) is 11.4. The second-order valence-corrected chi connectivity index (χ2v) is 11.4. The summed E-state index contributed by atoms with van der Waals surface area (Å²) < 4.78 is 5.53. The fourth-order valence-corrected chi connectivity index (χ4v) is 5.89. The maximum absolute atomic E-state index is 13.9. The molecule has 2 saturated heterocycles. The summed E-state index contributed by atoms with van der Waals surface area (Å²) in [6.07, 6.45) is 3.85. The first-order chi connectivity index (χ1) is 17.6. The summed E-state index contributed by atoms with van der Waals surface area (Å²) in [7, 11) is 0. The molecular weight excluding hydrogens is 470 g/mol. The number of amides is 3. The van der Waals surface area contributed by atoms with Crippen LogP contribution in [0.4, 0.5) is 10.6 Å². The van der Waals surface area contributed by atoms with E-state index in [-0.39, 0.29) is 18.0 Å². The Kier molecular flexibility index (Phi) is 6.97. The fraction of sp³-hybridized carbons (Fsp3) is 0.630. The van der Waals surface area contributed by atoms with Gasteiger partial charge in [-0.1, -0.05) is 0 Å². The van der Waals surface area contributed by atoms with Gasteiger partial charge >= 0.3 is 6.03 Å². The van der Waals surface area contributed by atoms with E-state index < -0.39 is 5.54 Å². The van der Waals surface area contributed by atoms with Gasteiger partial charge in [-0.05, 0) is 71.1 Å². The normalized spacial score (nSPS) is 24.2. The van der Waals surface area contributed by atoms with E-state index in [4.69, 9.17) is 4.74 Å². The monoisotopic (exact) mass is 509 g/mol. The van der Waals surface area contributed by atoms with Crippen molar-refractivity contribution in [3.8, 4) is 0 Å². The van der Waals surface area contributed by atoms with Gasteiger partial charge < -0.3 is 19.9 Å². The number of nitrogens with zero attached hydrogens (tertiary/aromatic N) is 5. The van der Waals surface area contributed by atoms with Gasteiger partial charge in [0.15, 0.2) is 5.82 Å². The number of pyridine rings is 1. The smallest absolute Gasteiger partial charge is 0.321 e. The molecule has 2 aromatic rings. The van der Waals surface area contributed by atoms with E-state index in [0.29, 0.717) is 36.6 Å². The minimum absolute atomic E-state index is 0.0253. The maximum Gasteiger partial charge on any atom is 0.321 e. The second kappa shape index (κ2) is 10.1. The summed E-state index contributed by atoms with van der Waals surface area (Å²) in [6.45, 7) is 15.1. The summed E-state index contributed by atoms with van der Waals surface area (Å²) in [5, 5.41) is 10.3. The van der Waals surface area contributed by atoms with Crippen molar-refractivity contribution in [3.63, 3.8) is 0 Å². The minimum Gasteiger partial charge on any atom is -0.381 e. The number of aromatic amines is 1. The highest BCUT2D eigenvalue weighted by atomic mass is 16.5. The van der Waals surface area contributed by atoms with Gasteiger partial charge in [0.1, 0.15) is 5.69 Å². The molecule has 10 heteroatoms. The van der Waals surface area contributed by atoms with E-state index in [9.17, 15) is 9.59 Å². The van der Waals surface area contributed by atoms with Gasteiger partial charge in [-0.25, -0.2) is 4.79 Å². The van der Waals surface area contributed by atoms with Crippen LogP contribution in [0.3, 0.4) is 0 Å². The first-order valence-electron chi connectivity index (χ1n) is 13.4. The van der Waals surface area contributed by atoms with Crippen molar-refractivity contribution in [2.45, 2.75) is 71.6 Å². The molecule has 0 aliphatic carbocycles. The molecule has 37 heavy (non-hydrogen) atoms. The third-order valence-electron chi connectivity index (χ3n) is 8.28.